The van der Waals surface area contributed by atoms with Crippen molar-refractivity contribution in [2.24, 2.45) is 0 Å². The van der Waals surface area contributed by atoms with Crippen LogP contribution in [0, 0.1) is 18.3 Å². The van der Waals surface area contributed by atoms with E-state index in [9.17, 15) is 4.79 Å². The Bertz CT molecular complexity index is 692. The van der Waals surface area contributed by atoms with E-state index >= 15 is 0 Å². The van der Waals surface area contributed by atoms with Gasteiger partial charge in [0.1, 0.15) is 6.07 Å². The van der Waals surface area contributed by atoms with Crippen LogP contribution >= 0.6 is 15.9 Å². The van der Waals surface area contributed by atoms with E-state index in [0.717, 1.165) is 10.0 Å². The Balaban J connectivity index is 2.11. The normalized spacial score (nSPS) is 9.65. The van der Waals surface area contributed by atoms with Crippen molar-refractivity contribution in [2.75, 3.05) is 10.6 Å². The summed E-state index contributed by atoms with van der Waals surface area (Å²) in [6.07, 6.45) is 0. The van der Waals surface area contributed by atoms with Crippen LogP contribution in [0.1, 0.15) is 11.1 Å². The first-order valence-corrected chi connectivity index (χ1v) is 6.73. The smallest absolute Gasteiger partial charge is 0.307 e. The summed E-state index contributed by atoms with van der Waals surface area (Å²) in [7, 11) is 0. The summed E-state index contributed by atoms with van der Waals surface area (Å²) in [6.45, 7) is 1.97. The van der Waals surface area contributed by atoms with Gasteiger partial charge in [0, 0.05) is 4.47 Å². The highest BCUT2D eigenvalue weighted by molar-refractivity contribution is 9.10. The van der Waals surface area contributed by atoms with Crippen LogP contribution in [0.2, 0.25) is 0 Å². The Morgan fingerprint density at radius 3 is 2.55 bits per heavy atom. The molecule has 2 N–H and O–H groups in total. The van der Waals surface area contributed by atoms with Gasteiger partial charge in [-0.25, -0.2) is 4.79 Å². The van der Waals surface area contributed by atoms with Gasteiger partial charge in [-0.05, 0) is 52.7 Å². The van der Waals surface area contributed by atoms with Gasteiger partial charge in [0.15, 0.2) is 0 Å². The molecule has 2 aromatic rings. The van der Waals surface area contributed by atoms with E-state index in [1.165, 1.54) is 0 Å². The van der Waals surface area contributed by atoms with Crippen LogP contribution in [0.25, 0.3) is 0 Å². The van der Waals surface area contributed by atoms with Gasteiger partial charge in [0.05, 0.1) is 16.9 Å². The van der Waals surface area contributed by atoms with Gasteiger partial charge in [-0.2, -0.15) is 5.26 Å². The number of halogens is 1. The molecule has 2 rings (SSSR count). The summed E-state index contributed by atoms with van der Waals surface area (Å²) in [6, 6.07) is 14.1. The molecule has 0 aromatic heterocycles. The molecular weight excluding hydrogens is 318 g/mol. The number of rotatable bonds is 2. The summed E-state index contributed by atoms with van der Waals surface area (Å²) in [5.74, 6) is 0. The van der Waals surface area contributed by atoms with Crippen molar-refractivity contribution < 1.29 is 4.79 Å². The number of hydrogen-bond acceptors (Lipinski definition) is 2. The van der Waals surface area contributed by atoms with Crippen LogP contribution in [0.15, 0.2) is 46.9 Å². The molecule has 100 valence electrons. The maximum atomic E-state index is 11.9. The third-order valence-electron chi connectivity index (χ3n) is 2.67. The number of nitrogens with one attached hydrogen (secondary N) is 2. The third kappa shape index (κ3) is 3.37. The second kappa shape index (κ2) is 6.22. The van der Waals surface area contributed by atoms with Crippen LogP contribution in [0.3, 0.4) is 0 Å². The molecule has 2 aromatic carbocycles. The van der Waals surface area contributed by atoms with Crippen LogP contribution in [-0.2, 0) is 0 Å². The zero-order valence-electron chi connectivity index (χ0n) is 10.8. The average molecular weight is 330 g/mol. The topological polar surface area (TPSA) is 64.9 Å². The van der Waals surface area contributed by atoms with E-state index in [-0.39, 0.29) is 0 Å². The number of urea groups is 1. The Hall–Kier alpha value is -2.32. The molecule has 0 aliphatic carbocycles. The maximum Gasteiger partial charge on any atom is 0.323 e. The van der Waals surface area contributed by atoms with E-state index < -0.39 is 6.03 Å². The number of carbonyl (C=O) groups is 1. The quantitative estimate of drug-likeness (QED) is 0.863. The third-order valence-corrected chi connectivity index (χ3v) is 3.32. The van der Waals surface area contributed by atoms with Crippen molar-refractivity contribution in [3.63, 3.8) is 0 Å². The standard InChI is InChI=1S/C15H12BrN3O/c1-10-6-7-14(12(16)8-10)19-15(20)18-13-5-3-2-4-11(13)9-17/h2-8H,1H3,(H2,18,19,20). The largest absolute Gasteiger partial charge is 0.323 e. The first-order chi connectivity index (χ1) is 9.60. The number of amides is 2. The lowest BCUT2D eigenvalue weighted by Gasteiger charge is -2.10. The zero-order valence-corrected chi connectivity index (χ0v) is 12.4. The van der Waals surface area contributed by atoms with E-state index in [4.69, 9.17) is 5.26 Å². The monoisotopic (exact) mass is 329 g/mol. The van der Waals surface area contributed by atoms with Gasteiger partial charge < -0.3 is 10.6 Å². The summed E-state index contributed by atoms with van der Waals surface area (Å²) in [5.41, 5.74) is 2.67. The molecule has 0 aliphatic rings. The average Bonchev–Trinajstić information content (AvgIpc) is 2.42. The summed E-state index contributed by atoms with van der Waals surface area (Å²) >= 11 is 3.39. The fraction of sp³-hybridized carbons (Fsp3) is 0.0667. The van der Waals surface area contributed by atoms with E-state index in [2.05, 4.69) is 26.6 Å². The van der Waals surface area contributed by atoms with Crippen LogP contribution < -0.4 is 10.6 Å². The number of hydrogen-bond donors (Lipinski definition) is 2. The molecule has 2 amide bonds. The molecule has 0 spiro atoms. The lowest BCUT2D eigenvalue weighted by Crippen LogP contribution is -2.20. The Labute approximate surface area is 125 Å². The van der Waals surface area contributed by atoms with Crippen LogP contribution in [-0.4, -0.2) is 6.03 Å². The lowest BCUT2D eigenvalue weighted by atomic mass is 10.2. The molecule has 0 unspecified atom stereocenters. The minimum atomic E-state index is -0.391. The van der Waals surface area contributed by atoms with Crippen LogP contribution in [0.4, 0.5) is 16.2 Å². The molecule has 20 heavy (non-hydrogen) atoms. The molecule has 0 aliphatic heterocycles. The van der Waals surface area contributed by atoms with Crippen molar-refractivity contribution >= 4 is 33.3 Å². The van der Waals surface area contributed by atoms with Crippen molar-refractivity contribution in [3.05, 3.63) is 58.1 Å². The lowest BCUT2D eigenvalue weighted by molar-refractivity contribution is 0.262. The predicted octanol–water partition coefficient (Wildman–Crippen LogP) is 4.27. The predicted molar refractivity (Wildman–Crippen MR) is 82.7 cm³/mol. The van der Waals surface area contributed by atoms with Gasteiger partial charge in [-0.1, -0.05) is 18.2 Å². The van der Waals surface area contributed by atoms with Gasteiger partial charge in [0.2, 0.25) is 0 Å². The fourth-order valence-corrected chi connectivity index (χ4v) is 2.28. The molecule has 0 heterocycles. The minimum Gasteiger partial charge on any atom is -0.307 e. The molecule has 0 bridgehead atoms. The van der Waals surface area contributed by atoms with Crippen molar-refractivity contribution in [1.82, 2.24) is 0 Å². The SMILES string of the molecule is Cc1ccc(NC(=O)Nc2ccccc2C#N)c(Br)c1. The van der Waals surface area contributed by atoms with E-state index in [1.807, 2.05) is 31.2 Å². The fourth-order valence-electron chi connectivity index (χ4n) is 1.69. The van der Waals surface area contributed by atoms with E-state index in [1.54, 1.807) is 24.3 Å². The highest BCUT2D eigenvalue weighted by Gasteiger charge is 2.08. The number of anilines is 2. The highest BCUT2D eigenvalue weighted by atomic mass is 79.9. The van der Waals surface area contributed by atoms with Gasteiger partial charge >= 0.3 is 6.03 Å². The number of para-hydroxylation sites is 1. The Kier molecular flexibility index (Phi) is 4.38. The number of nitrogens with zero attached hydrogens (tertiary/aromatic N) is 1. The molecule has 0 radical (unpaired) electrons. The maximum absolute atomic E-state index is 11.9. The number of benzene rings is 2. The van der Waals surface area contributed by atoms with Gasteiger partial charge in [-0.15, -0.1) is 0 Å². The summed E-state index contributed by atoms with van der Waals surface area (Å²) in [5, 5.41) is 14.4. The van der Waals surface area contributed by atoms with Crippen molar-refractivity contribution in [2.45, 2.75) is 6.92 Å². The van der Waals surface area contributed by atoms with Gasteiger partial charge in [0.25, 0.3) is 0 Å². The van der Waals surface area contributed by atoms with E-state index in [0.29, 0.717) is 16.9 Å². The molecule has 0 atom stereocenters. The second-order valence-corrected chi connectivity index (χ2v) is 5.07. The zero-order chi connectivity index (χ0) is 14.5. The summed E-state index contributed by atoms with van der Waals surface area (Å²) in [4.78, 5) is 11.9. The first kappa shape index (κ1) is 14.1. The number of carbonyl (C=O) groups excluding carboxylic acids is 1. The first-order valence-electron chi connectivity index (χ1n) is 5.93. The molecule has 0 fully saturated rings. The van der Waals surface area contributed by atoms with Crippen molar-refractivity contribution in [3.8, 4) is 6.07 Å². The number of nitriles is 1. The minimum absolute atomic E-state index is 0.391. The molecular formula is C15H12BrN3O. The number of aryl methyl sites for hydroxylation is 1. The Morgan fingerprint density at radius 2 is 1.85 bits per heavy atom. The molecule has 0 saturated heterocycles. The molecule has 4 nitrogen and oxygen atoms in total. The van der Waals surface area contributed by atoms with Crippen LogP contribution in [0.5, 0.6) is 0 Å². The highest BCUT2D eigenvalue weighted by Crippen LogP contribution is 2.23. The molecule has 0 saturated carbocycles. The molecule has 5 heteroatoms. The second-order valence-electron chi connectivity index (χ2n) is 4.22. The summed E-state index contributed by atoms with van der Waals surface area (Å²) < 4.78 is 0.807. The van der Waals surface area contributed by atoms with Crippen molar-refractivity contribution in [1.29, 1.82) is 5.26 Å². The Morgan fingerprint density at radius 1 is 1.15 bits per heavy atom. The van der Waals surface area contributed by atoms with Gasteiger partial charge in [-0.3, -0.25) is 0 Å².